The van der Waals surface area contributed by atoms with E-state index in [1.807, 2.05) is 0 Å². The molecule has 2 aromatic rings. The Morgan fingerprint density at radius 2 is 1.64 bits per heavy atom. The summed E-state index contributed by atoms with van der Waals surface area (Å²) < 4.78 is 13.0. The summed E-state index contributed by atoms with van der Waals surface area (Å²) in [4.78, 5) is 22.7. The Balaban J connectivity index is 1.95. The van der Waals surface area contributed by atoms with Crippen molar-refractivity contribution in [2.45, 2.75) is 6.92 Å². The van der Waals surface area contributed by atoms with Crippen LogP contribution in [0.1, 0.15) is 12.5 Å². The van der Waals surface area contributed by atoms with Gasteiger partial charge in [0.05, 0.1) is 0 Å². The standard InChI is InChI=1S/C17H15FN2O2/c1-12(21)19-15-6-8-16(9-7-15)20-17(22)10-5-13-3-2-4-14(18)11-13/h2-11H,1H3,(H,19,21)(H,20,22). The summed E-state index contributed by atoms with van der Waals surface area (Å²) in [5.74, 6) is -0.831. The monoisotopic (exact) mass is 298 g/mol. The fraction of sp³-hybridized carbons (Fsp3) is 0.0588. The second-order valence-electron chi connectivity index (χ2n) is 4.64. The van der Waals surface area contributed by atoms with E-state index >= 15 is 0 Å². The fourth-order valence-electron chi connectivity index (χ4n) is 1.81. The lowest BCUT2D eigenvalue weighted by molar-refractivity contribution is -0.114. The summed E-state index contributed by atoms with van der Waals surface area (Å²) in [7, 11) is 0. The van der Waals surface area contributed by atoms with Crippen molar-refractivity contribution in [1.29, 1.82) is 0 Å². The molecule has 0 aliphatic rings. The second-order valence-corrected chi connectivity index (χ2v) is 4.64. The van der Waals surface area contributed by atoms with Gasteiger partial charge in [-0.05, 0) is 48.0 Å². The van der Waals surface area contributed by atoms with Crippen LogP contribution in [0, 0.1) is 5.82 Å². The molecule has 0 saturated carbocycles. The average Bonchev–Trinajstić information content (AvgIpc) is 2.47. The Bertz CT molecular complexity index is 709. The quantitative estimate of drug-likeness (QED) is 0.850. The Kier molecular flexibility index (Phi) is 5.03. The number of anilines is 2. The van der Waals surface area contributed by atoms with Gasteiger partial charge < -0.3 is 10.6 Å². The summed E-state index contributed by atoms with van der Waals surface area (Å²) in [6.45, 7) is 1.42. The van der Waals surface area contributed by atoms with Crippen molar-refractivity contribution in [2.75, 3.05) is 10.6 Å². The Labute approximate surface area is 127 Å². The minimum atomic E-state index is -0.351. The molecular weight excluding hydrogens is 283 g/mol. The lowest BCUT2D eigenvalue weighted by atomic mass is 10.2. The minimum absolute atomic E-state index is 0.158. The molecule has 0 atom stereocenters. The van der Waals surface area contributed by atoms with Crippen LogP contribution in [0.15, 0.2) is 54.6 Å². The number of nitrogens with one attached hydrogen (secondary N) is 2. The number of rotatable bonds is 4. The van der Waals surface area contributed by atoms with Crippen molar-refractivity contribution in [3.8, 4) is 0 Å². The number of carbonyl (C=O) groups excluding carboxylic acids is 2. The maximum Gasteiger partial charge on any atom is 0.248 e. The van der Waals surface area contributed by atoms with Crippen molar-refractivity contribution >= 4 is 29.3 Å². The molecule has 0 heterocycles. The number of benzene rings is 2. The van der Waals surface area contributed by atoms with Gasteiger partial charge in [0.25, 0.3) is 0 Å². The highest BCUT2D eigenvalue weighted by Crippen LogP contribution is 2.13. The molecule has 0 fully saturated rings. The summed E-state index contributed by atoms with van der Waals surface area (Å²) >= 11 is 0. The van der Waals surface area contributed by atoms with Crippen molar-refractivity contribution in [1.82, 2.24) is 0 Å². The Hall–Kier alpha value is -2.95. The van der Waals surface area contributed by atoms with E-state index in [1.54, 1.807) is 36.4 Å². The molecule has 0 unspecified atom stereocenters. The van der Waals surface area contributed by atoms with Crippen LogP contribution in [0.2, 0.25) is 0 Å². The van der Waals surface area contributed by atoms with Crippen LogP contribution in [0.5, 0.6) is 0 Å². The molecular formula is C17H15FN2O2. The van der Waals surface area contributed by atoms with Gasteiger partial charge in [-0.2, -0.15) is 0 Å². The summed E-state index contributed by atoms with van der Waals surface area (Å²) in [5.41, 5.74) is 1.86. The molecule has 0 aliphatic carbocycles. The van der Waals surface area contributed by atoms with Gasteiger partial charge in [-0.25, -0.2) is 4.39 Å². The average molecular weight is 298 g/mol. The molecule has 0 radical (unpaired) electrons. The Morgan fingerprint density at radius 3 is 2.23 bits per heavy atom. The molecule has 22 heavy (non-hydrogen) atoms. The van der Waals surface area contributed by atoms with Gasteiger partial charge in [0.2, 0.25) is 11.8 Å². The summed E-state index contributed by atoms with van der Waals surface area (Å²) in [6, 6.07) is 12.7. The molecule has 2 aromatic carbocycles. The SMILES string of the molecule is CC(=O)Nc1ccc(NC(=O)C=Cc2cccc(F)c2)cc1. The first-order chi connectivity index (χ1) is 10.5. The zero-order valence-corrected chi connectivity index (χ0v) is 12.0. The van der Waals surface area contributed by atoms with Gasteiger partial charge in [-0.3, -0.25) is 9.59 Å². The molecule has 2 amide bonds. The highest BCUT2D eigenvalue weighted by molar-refractivity contribution is 6.02. The third-order valence-corrected chi connectivity index (χ3v) is 2.75. The van der Waals surface area contributed by atoms with Crippen LogP contribution < -0.4 is 10.6 Å². The number of hydrogen-bond donors (Lipinski definition) is 2. The first-order valence-electron chi connectivity index (χ1n) is 6.65. The topological polar surface area (TPSA) is 58.2 Å². The van der Waals surface area contributed by atoms with E-state index in [2.05, 4.69) is 10.6 Å². The molecule has 2 rings (SSSR count). The first-order valence-corrected chi connectivity index (χ1v) is 6.65. The highest BCUT2D eigenvalue weighted by atomic mass is 19.1. The van der Waals surface area contributed by atoms with E-state index in [1.165, 1.54) is 31.2 Å². The molecule has 0 saturated heterocycles. The second kappa shape index (κ2) is 7.17. The minimum Gasteiger partial charge on any atom is -0.326 e. The number of hydrogen-bond acceptors (Lipinski definition) is 2. The van der Waals surface area contributed by atoms with Crippen molar-refractivity contribution in [3.05, 3.63) is 66.0 Å². The lowest BCUT2D eigenvalue weighted by Crippen LogP contribution is -2.08. The third kappa shape index (κ3) is 4.86. The summed E-state index contributed by atoms with van der Waals surface area (Å²) in [5, 5.41) is 5.31. The van der Waals surface area contributed by atoms with Gasteiger partial charge in [-0.1, -0.05) is 12.1 Å². The normalized spacial score (nSPS) is 10.5. The predicted molar refractivity (Wildman–Crippen MR) is 84.8 cm³/mol. The molecule has 0 aliphatic heterocycles. The van der Waals surface area contributed by atoms with Gasteiger partial charge in [0.1, 0.15) is 5.82 Å². The van der Waals surface area contributed by atoms with E-state index < -0.39 is 0 Å². The molecule has 112 valence electrons. The van der Waals surface area contributed by atoms with E-state index in [-0.39, 0.29) is 17.6 Å². The zero-order chi connectivity index (χ0) is 15.9. The van der Waals surface area contributed by atoms with Crippen LogP contribution >= 0.6 is 0 Å². The first kappa shape index (κ1) is 15.4. The van der Waals surface area contributed by atoms with Crippen LogP contribution in [0.3, 0.4) is 0 Å². The van der Waals surface area contributed by atoms with E-state index in [4.69, 9.17) is 0 Å². The van der Waals surface area contributed by atoms with E-state index in [0.717, 1.165) is 0 Å². The van der Waals surface area contributed by atoms with Crippen molar-refractivity contribution < 1.29 is 14.0 Å². The maximum atomic E-state index is 13.0. The third-order valence-electron chi connectivity index (χ3n) is 2.75. The smallest absolute Gasteiger partial charge is 0.248 e. The van der Waals surface area contributed by atoms with Gasteiger partial charge in [0.15, 0.2) is 0 Å². The highest BCUT2D eigenvalue weighted by Gasteiger charge is 2.00. The molecule has 0 bridgehead atoms. The van der Waals surface area contributed by atoms with Gasteiger partial charge in [-0.15, -0.1) is 0 Å². The van der Waals surface area contributed by atoms with Crippen LogP contribution in [0.25, 0.3) is 6.08 Å². The van der Waals surface area contributed by atoms with E-state index in [0.29, 0.717) is 16.9 Å². The maximum absolute atomic E-state index is 13.0. The van der Waals surface area contributed by atoms with E-state index in [9.17, 15) is 14.0 Å². The molecule has 0 aromatic heterocycles. The number of carbonyl (C=O) groups is 2. The van der Waals surface area contributed by atoms with Crippen LogP contribution in [-0.4, -0.2) is 11.8 Å². The molecule has 0 spiro atoms. The van der Waals surface area contributed by atoms with Crippen molar-refractivity contribution in [2.24, 2.45) is 0 Å². The predicted octanol–water partition coefficient (Wildman–Crippen LogP) is 3.44. The summed E-state index contributed by atoms with van der Waals surface area (Å²) in [6.07, 6.45) is 2.86. The molecule has 4 nitrogen and oxygen atoms in total. The van der Waals surface area contributed by atoms with Crippen molar-refractivity contribution in [3.63, 3.8) is 0 Å². The number of halogens is 1. The van der Waals surface area contributed by atoms with Gasteiger partial charge >= 0.3 is 0 Å². The fourth-order valence-corrected chi connectivity index (χ4v) is 1.81. The molecule has 2 N–H and O–H groups in total. The number of amides is 2. The zero-order valence-electron chi connectivity index (χ0n) is 12.0. The van der Waals surface area contributed by atoms with Crippen LogP contribution in [-0.2, 0) is 9.59 Å². The Morgan fingerprint density at radius 1 is 1.00 bits per heavy atom. The molecule has 5 heteroatoms. The largest absolute Gasteiger partial charge is 0.326 e. The lowest BCUT2D eigenvalue weighted by Gasteiger charge is -2.05. The van der Waals surface area contributed by atoms with Gasteiger partial charge in [0, 0.05) is 24.4 Å². The van der Waals surface area contributed by atoms with Crippen LogP contribution in [0.4, 0.5) is 15.8 Å².